The molecule has 0 fully saturated rings. The average molecular weight is 245 g/mol. The summed E-state index contributed by atoms with van der Waals surface area (Å²) in [5, 5.41) is 0. The van der Waals surface area contributed by atoms with Crippen molar-refractivity contribution in [3.05, 3.63) is 0 Å². The Balaban J connectivity index is 0. The Labute approximate surface area is 97.2 Å². The minimum atomic E-state index is 0. The van der Waals surface area contributed by atoms with Gasteiger partial charge in [-0.2, -0.15) is 0 Å². The van der Waals surface area contributed by atoms with Crippen LogP contribution in [0.1, 0.15) is 1.43 Å². The van der Waals surface area contributed by atoms with Crippen LogP contribution in [0.25, 0.3) is 0 Å². The minimum absolute atomic E-state index is 0. The second kappa shape index (κ2) is 16.8. The van der Waals surface area contributed by atoms with E-state index in [-0.39, 0.29) is 99.5 Å². The van der Waals surface area contributed by atoms with Crippen molar-refractivity contribution in [1.82, 2.24) is 0 Å². The van der Waals surface area contributed by atoms with Gasteiger partial charge in [0.1, 0.15) is 0 Å². The molecule has 1 radical (unpaired) electrons. The molecule has 0 spiro atoms. The number of hydrogen-bond donors (Lipinski definition) is 0. The summed E-state index contributed by atoms with van der Waals surface area (Å²) in [5.74, 6) is 0. The Morgan fingerprint density at radius 3 is 1.25 bits per heavy atom. The summed E-state index contributed by atoms with van der Waals surface area (Å²) in [6.07, 6.45) is 0. The van der Waals surface area contributed by atoms with Crippen molar-refractivity contribution < 1.29 is 99.5 Å². The van der Waals surface area contributed by atoms with Gasteiger partial charge in [0, 0.05) is 22.4 Å². The molecule has 0 unspecified atom stereocenters. The Hall–Kier alpha value is 2.93. The zero-order valence-electron chi connectivity index (χ0n) is 3.89. The molecule has 0 aliphatic rings. The molecule has 1 N–H and O–H groups in total. The maximum Gasteiger partial charge on any atom is 1.00 e. The van der Waals surface area contributed by atoms with Gasteiger partial charge in [0.15, 0.2) is 0 Å². The first kappa shape index (κ1) is 28.4. The van der Waals surface area contributed by atoms with Crippen molar-refractivity contribution in [3.8, 4) is 0 Å². The monoisotopic (exact) mass is 245 g/mol. The van der Waals surface area contributed by atoms with Crippen LogP contribution in [0.2, 0.25) is 0 Å². The SMILES string of the molecule is [H-].[K+].[Li+].[OH-].[Ta]. The molecule has 0 aromatic heterocycles. The first-order valence-corrected chi connectivity index (χ1v) is 0. The fourth-order valence-electron chi connectivity index (χ4n) is 0. The maximum atomic E-state index is 0. The fourth-order valence-corrected chi connectivity index (χ4v) is 0. The molecule has 0 amide bonds. The second-order valence-electron chi connectivity index (χ2n) is 0. The van der Waals surface area contributed by atoms with Crippen LogP contribution in [0.3, 0.4) is 0 Å². The van der Waals surface area contributed by atoms with Crippen LogP contribution >= 0.6 is 0 Å². The van der Waals surface area contributed by atoms with Crippen molar-refractivity contribution in [2.45, 2.75) is 0 Å². The van der Waals surface area contributed by atoms with Crippen molar-refractivity contribution in [2.24, 2.45) is 0 Å². The fraction of sp³-hybridized carbons (Fsp3) is 0. The van der Waals surface area contributed by atoms with E-state index in [4.69, 9.17) is 0 Å². The second-order valence-corrected chi connectivity index (χ2v) is 0. The molecular formula is H2KLiOTa. The third-order valence-corrected chi connectivity index (χ3v) is 0. The van der Waals surface area contributed by atoms with E-state index in [1.54, 1.807) is 0 Å². The topological polar surface area (TPSA) is 30.0 Å². The molecule has 0 heterocycles. The molecule has 0 bridgehead atoms. The Morgan fingerprint density at radius 1 is 1.25 bits per heavy atom. The van der Waals surface area contributed by atoms with Gasteiger partial charge < -0.3 is 6.90 Å². The molecule has 4 heavy (non-hydrogen) atoms. The van der Waals surface area contributed by atoms with E-state index >= 15 is 0 Å². The van der Waals surface area contributed by atoms with Gasteiger partial charge in [-0.3, -0.25) is 0 Å². The Morgan fingerprint density at radius 2 is 1.25 bits per heavy atom. The molecule has 0 rings (SSSR count). The zero-order valence-corrected chi connectivity index (χ0v) is 9.23. The van der Waals surface area contributed by atoms with Crippen molar-refractivity contribution in [1.29, 1.82) is 0 Å². The summed E-state index contributed by atoms with van der Waals surface area (Å²) in [7, 11) is 0. The van der Waals surface area contributed by atoms with Crippen LogP contribution in [0, 0.1) is 0 Å². The molecule has 4 heteroatoms. The standard InChI is InChI=1S/K.Li.H2O.Ta.H/h;;1H2;;/q2*+1;;;-1/p-1. The van der Waals surface area contributed by atoms with Gasteiger partial charge in [-0.15, -0.1) is 0 Å². The summed E-state index contributed by atoms with van der Waals surface area (Å²) in [6.45, 7) is 0. The molecule has 0 aromatic rings. The molecular weight excluding hydrogens is 243 g/mol. The van der Waals surface area contributed by atoms with E-state index in [0.29, 0.717) is 0 Å². The van der Waals surface area contributed by atoms with Crippen LogP contribution in [-0.4, -0.2) is 5.48 Å². The van der Waals surface area contributed by atoms with E-state index in [9.17, 15) is 0 Å². The van der Waals surface area contributed by atoms with Gasteiger partial charge in [-0.25, -0.2) is 0 Å². The summed E-state index contributed by atoms with van der Waals surface area (Å²) in [5.41, 5.74) is 0. The van der Waals surface area contributed by atoms with E-state index in [1.165, 1.54) is 0 Å². The third-order valence-electron chi connectivity index (χ3n) is 0. The quantitative estimate of drug-likeness (QED) is 0.391. The molecule has 0 saturated heterocycles. The summed E-state index contributed by atoms with van der Waals surface area (Å²) in [6, 6.07) is 0. The third kappa shape index (κ3) is 8.87. The molecule has 0 saturated carbocycles. The first-order chi connectivity index (χ1) is 0. The zero-order chi connectivity index (χ0) is 0. The van der Waals surface area contributed by atoms with Crippen molar-refractivity contribution in [3.63, 3.8) is 0 Å². The predicted octanol–water partition coefficient (Wildman–Crippen LogP) is -6.06. The van der Waals surface area contributed by atoms with Crippen LogP contribution in [0.5, 0.6) is 0 Å². The van der Waals surface area contributed by atoms with E-state index in [2.05, 4.69) is 0 Å². The molecule has 0 aromatic carbocycles. The van der Waals surface area contributed by atoms with Crippen molar-refractivity contribution in [2.75, 3.05) is 0 Å². The maximum absolute atomic E-state index is 0. The van der Waals surface area contributed by atoms with Crippen LogP contribution in [0.15, 0.2) is 0 Å². The Kier molecular flexibility index (Phi) is 119. The van der Waals surface area contributed by atoms with Gasteiger partial charge in [0.25, 0.3) is 0 Å². The van der Waals surface area contributed by atoms with E-state index < -0.39 is 0 Å². The first-order valence-electron chi connectivity index (χ1n) is 0. The molecule has 15 valence electrons. The van der Waals surface area contributed by atoms with Gasteiger partial charge in [0.2, 0.25) is 0 Å². The van der Waals surface area contributed by atoms with Crippen LogP contribution in [0.4, 0.5) is 0 Å². The van der Waals surface area contributed by atoms with E-state index in [1.807, 2.05) is 0 Å². The molecule has 0 atom stereocenters. The van der Waals surface area contributed by atoms with Gasteiger partial charge in [0.05, 0.1) is 0 Å². The summed E-state index contributed by atoms with van der Waals surface area (Å²) < 4.78 is 0. The van der Waals surface area contributed by atoms with Crippen LogP contribution in [-0.2, 0) is 22.4 Å². The smallest absolute Gasteiger partial charge is 1.00 e. The van der Waals surface area contributed by atoms with Crippen molar-refractivity contribution >= 4 is 0 Å². The van der Waals surface area contributed by atoms with Crippen LogP contribution < -0.4 is 70.2 Å². The largest absolute Gasteiger partial charge is 1.00 e. The normalized spacial score (nSPS) is 0. The predicted molar refractivity (Wildman–Crippen MR) is 3.05 cm³/mol. The summed E-state index contributed by atoms with van der Waals surface area (Å²) in [4.78, 5) is 0. The Bertz CT molecular complexity index is 11.6. The van der Waals surface area contributed by atoms with Gasteiger partial charge >= 0.3 is 70.2 Å². The van der Waals surface area contributed by atoms with Gasteiger partial charge in [-0.05, 0) is 0 Å². The minimum Gasteiger partial charge on any atom is -1.00 e. The van der Waals surface area contributed by atoms with E-state index in [0.717, 1.165) is 0 Å². The summed E-state index contributed by atoms with van der Waals surface area (Å²) >= 11 is 0. The molecule has 0 aliphatic heterocycles. The molecule has 1 nitrogen and oxygen atoms in total. The number of rotatable bonds is 0. The average Bonchev–Trinajstić information content (AvgIpc) is 0. The number of hydrogen-bond acceptors (Lipinski definition) is 1. The molecule has 0 aliphatic carbocycles. The van der Waals surface area contributed by atoms with Gasteiger partial charge in [-0.1, -0.05) is 0 Å².